The van der Waals surface area contributed by atoms with Crippen molar-refractivity contribution in [3.05, 3.63) is 36.0 Å². The van der Waals surface area contributed by atoms with E-state index in [4.69, 9.17) is 4.74 Å². The van der Waals surface area contributed by atoms with Crippen LogP contribution in [0, 0.1) is 11.3 Å². The summed E-state index contributed by atoms with van der Waals surface area (Å²) in [7, 11) is 1.36. The fourth-order valence-electron chi connectivity index (χ4n) is 3.29. The van der Waals surface area contributed by atoms with Crippen LogP contribution in [0.25, 0.3) is 0 Å². The minimum absolute atomic E-state index is 0.0132. The lowest BCUT2D eigenvalue weighted by Gasteiger charge is -2.43. The Morgan fingerprint density at radius 1 is 1.55 bits per heavy atom. The van der Waals surface area contributed by atoms with Crippen LogP contribution in [0.4, 0.5) is 0 Å². The summed E-state index contributed by atoms with van der Waals surface area (Å²) in [6.45, 7) is 11.7. The topological polar surface area (TPSA) is 55.4 Å². The molecule has 4 nitrogen and oxygen atoms in total. The molecule has 1 aliphatic carbocycles. The van der Waals surface area contributed by atoms with Crippen molar-refractivity contribution in [2.24, 2.45) is 11.3 Å². The zero-order chi connectivity index (χ0) is 15.1. The average molecular weight is 275 g/mol. The number of ether oxygens (including phenoxy) is 1. The predicted octanol–water partition coefficient (Wildman–Crippen LogP) is 2.13. The van der Waals surface area contributed by atoms with E-state index in [0.717, 1.165) is 17.6 Å². The van der Waals surface area contributed by atoms with E-state index in [2.05, 4.69) is 25.4 Å². The van der Waals surface area contributed by atoms with Crippen LogP contribution in [-0.4, -0.2) is 25.0 Å². The zero-order valence-corrected chi connectivity index (χ0v) is 12.3. The molecule has 3 atom stereocenters. The second-order valence-corrected chi connectivity index (χ2v) is 5.86. The lowest BCUT2D eigenvalue weighted by Crippen LogP contribution is -2.43. The molecular weight excluding hydrogens is 254 g/mol. The summed E-state index contributed by atoms with van der Waals surface area (Å²) >= 11 is 0. The van der Waals surface area contributed by atoms with Crippen LogP contribution in [0.2, 0.25) is 0 Å². The number of allylic oxidation sites excluding steroid dienone is 1. The molecule has 0 radical (unpaired) electrons. The van der Waals surface area contributed by atoms with Gasteiger partial charge in [-0.05, 0) is 30.8 Å². The van der Waals surface area contributed by atoms with Crippen molar-refractivity contribution >= 4 is 11.9 Å². The third-order valence-electron chi connectivity index (χ3n) is 4.75. The summed E-state index contributed by atoms with van der Waals surface area (Å²) in [6, 6.07) is 0.0483. The molecule has 108 valence electrons. The highest BCUT2D eigenvalue weighted by Gasteiger charge is 2.46. The van der Waals surface area contributed by atoms with Gasteiger partial charge in [-0.25, -0.2) is 4.79 Å². The maximum absolute atomic E-state index is 11.8. The van der Waals surface area contributed by atoms with Gasteiger partial charge < -0.3 is 10.1 Å². The fraction of sp³-hybridized carbons (Fsp3) is 0.500. The Morgan fingerprint density at radius 2 is 2.20 bits per heavy atom. The van der Waals surface area contributed by atoms with E-state index in [1.165, 1.54) is 7.11 Å². The molecule has 1 N–H and O–H groups in total. The number of carbonyl (C=O) groups excluding carboxylic acids is 2. The average Bonchev–Trinajstić information content (AvgIpc) is 2.70. The Kier molecular flexibility index (Phi) is 3.59. The number of fused-ring (bicyclic) bond motifs is 1. The predicted molar refractivity (Wildman–Crippen MR) is 76.8 cm³/mol. The molecule has 4 heteroatoms. The first kappa shape index (κ1) is 14.6. The van der Waals surface area contributed by atoms with Gasteiger partial charge in [0.15, 0.2) is 0 Å². The first-order chi connectivity index (χ1) is 9.34. The smallest absolute Gasteiger partial charge is 0.333 e. The minimum atomic E-state index is -0.392. The van der Waals surface area contributed by atoms with Crippen molar-refractivity contribution in [1.29, 1.82) is 0 Å². The van der Waals surface area contributed by atoms with Gasteiger partial charge in [0.1, 0.15) is 0 Å². The maximum Gasteiger partial charge on any atom is 0.333 e. The second-order valence-electron chi connectivity index (χ2n) is 5.86. The van der Waals surface area contributed by atoms with Crippen LogP contribution in [0.3, 0.4) is 0 Å². The van der Waals surface area contributed by atoms with Crippen LogP contribution >= 0.6 is 0 Å². The van der Waals surface area contributed by atoms with Gasteiger partial charge >= 0.3 is 5.97 Å². The van der Waals surface area contributed by atoms with Crippen molar-refractivity contribution in [3.63, 3.8) is 0 Å². The van der Waals surface area contributed by atoms with Gasteiger partial charge in [0.05, 0.1) is 13.2 Å². The SMILES string of the molecule is C=C[C@]1(C)C[C@@H]2NC(=O)C(C)=C2C[C@H]1C(=C)C(=O)OC. The van der Waals surface area contributed by atoms with Crippen molar-refractivity contribution < 1.29 is 14.3 Å². The van der Waals surface area contributed by atoms with E-state index in [-0.39, 0.29) is 23.3 Å². The van der Waals surface area contributed by atoms with Gasteiger partial charge in [-0.3, -0.25) is 4.79 Å². The summed E-state index contributed by atoms with van der Waals surface area (Å²) < 4.78 is 4.79. The summed E-state index contributed by atoms with van der Waals surface area (Å²) in [4.78, 5) is 23.6. The molecule has 1 amide bonds. The highest BCUT2D eigenvalue weighted by atomic mass is 16.5. The quantitative estimate of drug-likeness (QED) is 0.488. The Balaban J connectivity index is 2.38. The zero-order valence-electron chi connectivity index (χ0n) is 12.3. The van der Waals surface area contributed by atoms with Crippen LogP contribution in [-0.2, 0) is 14.3 Å². The van der Waals surface area contributed by atoms with E-state index in [1.807, 2.05) is 13.0 Å². The first-order valence-electron chi connectivity index (χ1n) is 6.75. The largest absolute Gasteiger partial charge is 0.466 e. The molecule has 20 heavy (non-hydrogen) atoms. The van der Waals surface area contributed by atoms with Gasteiger partial charge in [-0.2, -0.15) is 0 Å². The Bertz CT molecular complexity index is 532. The maximum atomic E-state index is 11.8. The van der Waals surface area contributed by atoms with Crippen LogP contribution in [0.15, 0.2) is 36.0 Å². The molecule has 2 aliphatic rings. The van der Waals surface area contributed by atoms with Gasteiger partial charge in [0, 0.05) is 17.1 Å². The van der Waals surface area contributed by atoms with E-state index >= 15 is 0 Å². The van der Waals surface area contributed by atoms with Gasteiger partial charge in [-0.1, -0.05) is 19.6 Å². The third kappa shape index (κ3) is 2.09. The molecule has 1 fully saturated rings. The Labute approximate surface area is 119 Å². The van der Waals surface area contributed by atoms with Crippen LogP contribution < -0.4 is 5.32 Å². The molecule has 2 rings (SSSR count). The number of esters is 1. The normalized spacial score (nSPS) is 32.5. The van der Waals surface area contributed by atoms with Crippen molar-refractivity contribution in [2.45, 2.75) is 32.7 Å². The number of hydrogen-bond acceptors (Lipinski definition) is 3. The molecular formula is C16H21NO3. The van der Waals surface area contributed by atoms with Crippen LogP contribution in [0.5, 0.6) is 0 Å². The summed E-state index contributed by atoms with van der Waals surface area (Å²) in [5, 5.41) is 2.99. The highest BCUT2D eigenvalue weighted by Crippen LogP contribution is 2.49. The summed E-state index contributed by atoms with van der Waals surface area (Å²) in [6.07, 6.45) is 3.24. The molecule has 0 bridgehead atoms. The molecule has 0 unspecified atom stereocenters. The van der Waals surface area contributed by atoms with Crippen LogP contribution in [0.1, 0.15) is 26.7 Å². The van der Waals surface area contributed by atoms with Gasteiger partial charge in [0.2, 0.25) is 5.91 Å². The van der Waals surface area contributed by atoms with E-state index in [0.29, 0.717) is 12.0 Å². The monoisotopic (exact) mass is 275 g/mol. The summed E-state index contributed by atoms with van der Waals surface area (Å²) in [5.74, 6) is -0.487. The van der Waals surface area contributed by atoms with Crippen molar-refractivity contribution in [1.82, 2.24) is 5.32 Å². The summed E-state index contributed by atoms with van der Waals surface area (Å²) in [5.41, 5.74) is 2.03. The molecule has 1 heterocycles. The molecule has 0 aromatic heterocycles. The number of hydrogen-bond donors (Lipinski definition) is 1. The van der Waals surface area contributed by atoms with Gasteiger partial charge in [0.25, 0.3) is 0 Å². The van der Waals surface area contributed by atoms with Crippen molar-refractivity contribution in [3.8, 4) is 0 Å². The van der Waals surface area contributed by atoms with Crippen molar-refractivity contribution in [2.75, 3.05) is 7.11 Å². The number of methoxy groups -OCH3 is 1. The molecule has 1 aliphatic heterocycles. The standard InChI is InChI=1S/C16H21NO3/c1-6-16(4)8-13-11(9(2)14(18)17-13)7-12(16)10(3)15(19)20-5/h6,12-13H,1,3,7-8H2,2,4-5H3,(H,17,18)/t12-,13-,16+/m0/s1. The van der Waals surface area contributed by atoms with Gasteiger partial charge in [-0.15, -0.1) is 6.58 Å². The Hall–Kier alpha value is -1.84. The van der Waals surface area contributed by atoms with E-state index in [1.54, 1.807) is 0 Å². The first-order valence-corrected chi connectivity index (χ1v) is 6.75. The lowest BCUT2D eigenvalue weighted by atomic mass is 9.62. The number of amides is 1. The molecule has 0 aromatic rings. The molecule has 0 saturated heterocycles. The Morgan fingerprint density at radius 3 is 2.75 bits per heavy atom. The van der Waals surface area contributed by atoms with E-state index in [9.17, 15) is 9.59 Å². The van der Waals surface area contributed by atoms with E-state index < -0.39 is 5.97 Å². The second kappa shape index (κ2) is 4.93. The lowest BCUT2D eigenvalue weighted by molar-refractivity contribution is -0.137. The number of nitrogens with one attached hydrogen (secondary N) is 1. The fourth-order valence-corrected chi connectivity index (χ4v) is 3.29. The number of carbonyl (C=O) groups is 2. The number of rotatable bonds is 3. The minimum Gasteiger partial charge on any atom is -0.466 e. The third-order valence-corrected chi connectivity index (χ3v) is 4.75. The highest BCUT2D eigenvalue weighted by molar-refractivity contribution is 5.97. The molecule has 1 saturated carbocycles. The molecule has 0 spiro atoms. The molecule has 0 aromatic carbocycles.